The zero-order chi connectivity index (χ0) is 26.0. The third kappa shape index (κ3) is 4.75. The summed E-state index contributed by atoms with van der Waals surface area (Å²) in [5.74, 6) is -0.233. The summed E-state index contributed by atoms with van der Waals surface area (Å²) < 4.78 is 10.8. The van der Waals surface area contributed by atoms with Crippen LogP contribution in [0, 0.1) is 0 Å². The second kappa shape index (κ2) is 10.6. The van der Waals surface area contributed by atoms with Crippen molar-refractivity contribution < 1.29 is 23.9 Å². The predicted molar refractivity (Wildman–Crippen MR) is 137 cm³/mol. The molecule has 36 heavy (non-hydrogen) atoms. The molecule has 9 nitrogen and oxygen atoms in total. The molecule has 2 N–H and O–H groups in total. The number of amides is 3. The van der Waals surface area contributed by atoms with Crippen molar-refractivity contribution in [3.05, 3.63) is 53.1 Å². The maximum absolute atomic E-state index is 13.9. The topological polar surface area (TPSA) is 105 Å². The SMILES string of the molecule is COc1ccc(C(CCC(N)=O)N2C(=O)c3cccc(N4CCN(C(C)C)CC4)c3C2=O)cc1OC. The van der Waals surface area contributed by atoms with Gasteiger partial charge in [0.05, 0.1) is 37.1 Å². The average molecular weight is 495 g/mol. The lowest BCUT2D eigenvalue weighted by molar-refractivity contribution is -0.118. The summed E-state index contributed by atoms with van der Waals surface area (Å²) in [6.07, 6.45) is 0.231. The van der Waals surface area contributed by atoms with Gasteiger partial charge in [0.2, 0.25) is 5.91 Å². The van der Waals surface area contributed by atoms with E-state index in [1.54, 1.807) is 24.3 Å². The van der Waals surface area contributed by atoms with E-state index in [2.05, 4.69) is 23.6 Å². The number of nitrogens with two attached hydrogens (primary N) is 1. The summed E-state index contributed by atoms with van der Waals surface area (Å²) in [6, 6.07) is 10.4. The van der Waals surface area contributed by atoms with Crippen LogP contribution in [0.1, 0.15) is 59.0 Å². The van der Waals surface area contributed by atoms with Gasteiger partial charge in [-0.25, -0.2) is 0 Å². The molecule has 1 fully saturated rings. The van der Waals surface area contributed by atoms with Gasteiger partial charge in [0, 0.05) is 38.6 Å². The molecule has 192 valence electrons. The number of ether oxygens (including phenoxy) is 2. The Morgan fingerprint density at radius 2 is 1.67 bits per heavy atom. The minimum absolute atomic E-state index is 0.0242. The molecular formula is C27H34N4O5. The maximum Gasteiger partial charge on any atom is 0.264 e. The number of primary amides is 1. The lowest BCUT2D eigenvalue weighted by Crippen LogP contribution is -2.49. The molecule has 1 saturated heterocycles. The lowest BCUT2D eigenvalue weighted by atomic mass is 9.99. The Morgan fingerprint density at radius 1 is 0.972 bits per heavy atom. The Bertz CT molecular complexity index is 1160. The number of hydrogen-bond acceptors (Lipinski definition) is 7. The Kier molecular flexibility index (Phi) is 7.49. The monoisotopic (exact) mass is 494 g/mol. The molecular weight excluding hydrogens is 460 g/mol. The smallest absolute Gasteiger partial charge is 0.264 e. The van der Waals surface area contributed by atoms with E-state index in [4.69, 9.17) is 15.2 Å². The largest absolute Gasteiger partial charge is 0.493 e. The molecule has 4 rings (SSSR count). The number of nitrogens with zero attached hydrogens (tertiary/aromatic N) is 3. The predicted octanol–water partition coefficient (Wildman–Crippen LogP) is 2.84. The fourth-order valence-corrected chi connectivity index (χ4v) is 5.10. The molecule has 2 heterocycles. The quantitative estimate of drug-likeness (QED) is 0.535. The van der Waals surface area contributed by atoms with Gasteiger partial charge in [-0.3, -0.25) is 24.2 Å². The standard InChI is InChI=1S/C27H34N4O5/c1-17(2)29-12-14-30(15-13-29)21-7-5-6-19-25(21)27(34)31(26(19)33)20(9-11-24(28)32)18-8-10-22(35-3)23(16-18)36-4/h5-8,10,16-17,20H,9,11-15H2,1-4H3,(H2,28,32). The highest BCUT2D eigenvalue weighted by atomic mass is 16.5. The zero-order valence-corrected chi connectivity index (χ0v) is 21.3. The first-order valence-electron chi connectivity index (χ1n) is 12.3. The third-order valence-corrected chi connectivity index (χ3v) is 7.08. The molecule has 0 bridgehead atoms. The third-order valence-electron chi connectivity index (χ3n) is 7.08. The van der Waals surface area contributed by atoms with Crippen molar-refractivity contribution in [1.29, 1.82) is 0 Å². The summed E-state index contributed by atoms with van der Waals surface area (Å²) >= 11 is 0. The number of piperazine rings is 1. The van der Waals surface area contributed by atoms with Gasteiger partial charge in [-0.1, -0.05) is 12.1 Å². The van der Waals surface area contributed by atoms with E-state index in [0.29, 0.717) is 34.2 Å². The summed E-state index contributed by atoms with van der Waals surface area (Å²) in [5, 5.41) is 0. The molecule has 9 heteroatoms. The van der Waals surface area contributed by atoms with Gasteiger partial charge in [0.1, 0.15) is 0 Å². The molecule has 1 unspecified atom stereocenters. The first-order chi connectivity index (χ1) is 17.3. The van der Waals surface area contributed by atoms with Crippen molar-refractivity contribution in [3.8, 4) is 11.5 Å². The minimum Gasteiger partial charge on any atom is -0.493 e. The molecule has 2 aromatic rings. The van der Waals surface area contributed by atoms with Crippen LogP contribution in [0.15, 0.2) is 36.4 Å². The van der Waals surface area contributed by atoms with Crippen molar-refractivity contribution in [2.24, 2.45) is 5.73 Å². The van der Waals surface area contributed by atoms with Crippen LogP contribution in [0.25, 0.3) is 0 Å². The van der Waals surface area contributed by atoms with Crippen molar-refractivity contribution in [1.82, 2.24) is 9.80 Å². The molecule has 2 aromatic carbocycles. The van der Waals surface area contributed by atoms with Crippen molar-refractivity contribution in [3.63, 3.8) is 0 Å². The summed E-state index contributed by atoms with van der Waals surface area (Å²) in [7, 11) is 3.06. The van der Waals surface area contributed by atoms with Crippen LogP contribution in [-0.2, 0) is 4.79 Å². The normalized spacial score (nSPS) is 16.9. The number of imide groups is 1. The van der Waals surface area contributed by atoms with E-state index < -0.39 is 11.9 Å². The van der Waals surface area contributed by atoms with E-state index >= 15 is 0 Å². The highest BCUT2D eigenvalue weighted by Crippen LogP contribution is 2.40. The molecule has 3 amide bonds. The molecule has 1 atom stereocenters. The fourth-order valence-electron chi connectivity index (χ4n) is 5.10. The van der Waals surface area contributed by atoms with E-state index in [1.165, 1.54) is 19.1 Å². The first-order valence-corrected chi connectivity index (χ1v) is 12.3. The van der Waals surface area contributed by atoms with Gasteiger partial charge in [0.25, 0.3) is 11.8 Å². The average Bonchev–Trinajstić information content (AvgIpc) is 3.14. The van der Waals surface area contributed by atoms with Gasteiger partial charge >= 0.3 is 0 Å². The minimum atomic E-state index is -0.685. The summed E-state index contributed by atoms with van der Waals surface area (Å²) in [5.41, 5.74) is 7.69. The van der Waals surface area contributed by atoms with Gasteiger partial charge in [-0.05, 0) is 50.1 Å². The number of methoxy groups -OCH3 is 2. The summed E-state index contributed by atoms with van der Waals surface area (Å²) in [4.78, 5) is 45.0. The van der Waals surface area contributed by atoms with Crippen LogP contribution in [0.2, 0.25) is 0 Å². The molecule has 0 saturated carbocycles. The highest BCUT2D eigenvalue weighted by molar-refractivity contribution is 6.24. The van der Waals surface area contributed by atoms with Crippen LogP contribution in [0.4, 0.5) is 5.69 Å². The van der Waals surface area contributed by atoms with E-state index in [0.717, 1.165) is 31.9 Å². The number of carbonyl (C=O) groups excluding carboxylic acids is 3. The summed E-state index contributed by atoms with van der Waals surface area (Å²) in [6.45, 7) is 7.68. The Hall–Kier alpha value is -3.59. The van der Waals surface area contributed by atoms with E-state index in [1.807, 2.05) is 12.1 Å². The second-order valence-electron chi connectivity index (χ2n) is 9.43. The maximum atomic E-state index is 13.9. The van der Waals surface area contributed by atoms with E-state index in [9.17, 15) is 14.4 Å². The molecule has 2 aliphatic rings. The number of rotatable bonds is 9. The zero-order valence-electron chi connectivity index (χ0n) is 21.3. The Morgan fingerprint density at radius 3 is 2.28 bits per heavy atom. The van der Waals surface area contributed by atoms with Crippen molar-refractivity contribution in [2.75, 3.05) is 45.3 Å². The number of hydrogen-bond donors (Lipinski definition) is 1. The molecule has 2 aliphatic heterocycles. The second-order valence-corrected chi connectivity index (χ2v) is 9.43. The molecule has 0 spiro atoms. The van der Waals surface area contributed by atoms with Crippen molar-refractivity contribution >= 4 is 23.4 Å². The number of anilines is 1. The molecule has 0 aliphatic carbocycles. The van der Waals surface area contributed by atoms with Crippen LogP contribution >= 0.6 is 0 Å². The van der Waals surface area contributed by atoms with Gasteiger partial charge in [-0.15, -0.1) is 0 Å². The highest BCUT2D eigenvalue weighted by Gasteiger charge is 2.43. The van der Waals surface area contributed by atoms with Crippen LogP contribution in [0.3, 0.4) is 0 Å². The number of carbonyl (C=O) groups is 3. The van der Waals surface area contributed by atoms with Gasteiger partial charge in [-0.2, -0.15) is 0 Å². The Balaban J connectivity index is 1.70. The lowest BCUT2D eigenvalue weighted by Gasteiger charge is -2.38. The van der Waals surface area contributed by atoms with Gasteiger partial charge < -0.3 is 20.1 Å². The van der Waals surface area contributed by atoms with Crippen molar-refractivity contribution in [2.45, 2.75) is 38.8 Å². The van der Waals surface area contributed by atoms with Gasteiger partial charge in [0.15, 0.2) is 11.5 Å². The van der Waals surface area contributed by atoms with E-state index in [-0.39, 0.29) is 24.7 Å². The van der Waals surface area contributed by atoms with Crippen LogP contribution in [0.5, 0.6) is 11.5 Å². The fraction of sp³-hybridized carbons (Fsp3) is 0.444. The number of fused-ring (bicyclic) bond motifs is 1. The first kappa shape index (κ1) is 25.5. The van der Waals surface area contributed by atoms with Crippen LogP contribution < -0.4 is 20.1 Å². The molecule has 0 radical (unpaired) electrons. The Labute approximate surface area is 211 Å². The van der Waals surface area contributed by atoms with Crippen LogP contribution in [-0.4, -0.2) is 74.0 Å². The number of benzene rings is 2. The molecule has 0 aromatic heterocycles.